The van der Waals surface area contributed by atoms with Gasteiger partial charge in [-0.25, -0.2) is 0 Å². The number of carboxylic acid groups (broad SMARTS) is 1. The van der Waals surface area contributed by atoms with Crippen LogP contribution >= 0.6 is 0 Å². The molecule has 0 unspecified atom stereocenters. The molecule has 0 spiro atoms. The summed E-state index contributed by atoms with van der Waals surface area (Å²) in [5.74, 6) is -0.953. The molecule has 0 saturated heterocycles. The van der Waals surface area contributed by atoms with E-state index in [2.05, 4.69) is 5.32 Å². The van der Waals surface area contributed by atoms with Crippen molar-refractivity contribution in [1.82, 2.24) is 0 Å². The van der Waals surface area contributed by atoms with Crippen molar-refractivity contribution in [3.63, 3.8) is 0 Å². The van der Waals surface area contributed by atoms with Crippen LogP contribution in [0.1, 0.15) is 18.4 Å². The van der Waals surface area contributed by atoms with E-state index in [1.54, 1.807) is 24.3 Å². The molecule has 4 N–H and O–H groups in total. The van der Waals surface area contributed by atoms with Crippen LogP contribution < -0.4 is 11.1 Å². The van der Waals surface area contributed by atoms with Gasteiger partial charge in [0.05, 0.1) is 6.42 Å². The molecule has 0 aliphatic heterocycles. The quantitative estimate of drug-likeness (QED) is 0.686. The van der Waals surface area contributed by atoms with Gasteiger partial charge in [-0.15, -0.1) is 0 Å². The normalized spacial score (nSPS) is 9.94. The Kier molecular flexibility index (Phi) is 5.16. The summed E-state index contributed by atoms with van der Waals surface area (Å²) in [6, 6.07) is 6.76. The van der Waals surface area contributed by atoms with Crippen molar-refractivity contribution in [3.05, 3.63) is 29.8 Å². The van der Waals surface area contributed by atoms with E-state index in [-0.39, 0.29) is 12.3 Å². The molecule has 0 atom stereocenters. The zero-order valence-corrected chi connectivity index (χ0v) is 9.48. The second kappa shape index (κ2) is 6.65. The maximum absolute atomic E-state index is 11.4. The van der Waals surface area contributed by atoms with Gasteiger partial charge in [0.2, 0.25) is 5.91 Å². The van der Waals surface area contributed by atoms with E-state index in [0.717, 1.165) is 0 Å². The van der Waals surface area contributed by atoms with Gasteiger partial charge in [0.25, 0.3) is 0 Å². The molecular formula is C12H16N2O3. The first kappa shape index (κ1) is 13.2. The maximum atomic E-state index is 11.4. The zero-order chi connectivity index (χ0) is 12.7. The lowest BCUT2D eigenvalue weighted by Crippen LogP contribution is -2.13. The lowest BCUT2D eigenvalue weighted by atomic mass is 10.1. The highest BCUT2D eigenvalue weighted by Gasteiger charge is 2.03. The van der Waals surface area contributed by atoms with Gasteiger partial charge in [-0.1, -0.05) is 12.1 Å². The van der Waals surface area contributed by atoms with Crippen LogP contribution in [0, 0.1) is 0 Å². The lowest BCUT2D eigenvalue weighted by molar-refractivity contribution is -0.136. The summed E-state index contributed by atoms with van der Waals surface area (Å²) in [4.78, 5) is 21.8. The van der Waals surface area contributed by atoms with Crippen LogP contribution in [0.25, 0.3) is 0 Å². The van der Waals surface area contributed by atoms with Gasteiger partial charge in [0.15, 0.2) is 0 Å². The molecular weight excluding hydrogens is 220 g/mol. The van der Waals surface area contributed by atoms with Gasteiger partial charge in [0.1, 0.15) is 0 Å². The summed E-state index contributed by atoms with van der Waals surface area (Å²) < 4.78 is 0. The Morgan fingerprint density at radius 2 is 1.88 bits per heavy atom. The molecule has 0 aliphatic carbocycles. The summed E-state index contributed by atoms with van der Waals surface area (Å²) in [6.45, 7) is 0.491. The second-order valence-electron chi connectivity index (χ2n) is 3.71. The molecule has 17 heavy (non-hydrogen) atoms. The monoisotopic (exact) mass is 236 g/mol. The Morgan fingerprint density at radius 3 is 2.41 bits per heavy atom. The van der Waals surface area contributed by atoms with E-state index < -0.39 is 5.97 Å². The van der Waals surface area contributed by atoms with Crippen molar-refractivity contribution in [3.8, 4) is 0 Å². The average molecular weight is 236 g/mol. The number of benzene rings is 1. The third-order valence-electron chi connectivity index (χ3n) is 2.20. The van der Waals surface area contributed by atoms with Gasteiger partial charge in [0, 0.05) is 12.1 Å². The van der Waals surface area contributed by atoms with Crippen molar-refractivity contribution >= 4 is 17.6 Å². The number of carbonyl (C=O) groups is 2. The van der Waals surface area contributed by atoms with Crippen LogP contribution in [0.2, 0.25) is 0 Å². The molecule has 0 heterocycles. The molecule has 0 aromatic heterocycles. The van der Waals surface area contributed by atoms with E-state index in [9.17, 15) is 9.59 Å². The van der Waals surface area contributed by atoms with Gasteiger partial charge in [-0.2, -0.15) is 0 Å². The Labute approximate surface area is 99.6 Å². The van der Waals surface area contributed by atoms with E-state index in [0.29, 0.717) is 30.6 Å². The summed E-state index contributed by atoms with van der Waals surface area (Å²) in [6.07, 6.45) is 1.04. The predicted octanol–water partition coefficient (Wildman–Crippen LogP) is 0.991. The molecule has 1 aromatic carbocycles. The van der Waals surface area contributed by atoms with E-state index in [1.165, 1.54) is 0 Å². The van der Waals surface area contributed by atoms with Crippen LogP contribution in [-0.4, -0.2) is 23.5 Å². The predicted molar refractivity (Wildman–Crippen MR) is 64.7 cm³/mol. The molecule has 1 aromatic rings. The van der Waals surface area contributed by atoms with Crippen molar-refractivity contribution in [2.75, 3.05) is 11.9 Å². The van der Waals surface area contributed by atoms with Crippen molar-refractivity contribution in [2.45, 2.75) is 19.3 Å². The standard InChI is InChI=1S/C12H16N2O3/c13-7-1-2-11(15)14-10-5-3-9(4-6-10)8-12(16)17/h3-6H,1-2,7-8,13H2,(H,14,15)(H,16,17). The summed E-state index contributed by atoms with van der Waals surface area (Å²) in [5, 5.41) is 11.3. The fraction of sp³-hybridized carbons (Fsp3) is 0.333. The number of carbonyl (C=O) groups excluding carboxylic acids is 1. The van der Waals surface area contributed by atoms with Crippen molar-refractivity contribution in [2.24, 2.45) is 5.73 Å². The molecule has 0 fully saturated rings. The van der Waals surface area contributed by atoms with Crippen molar-refractivity contribution in [1.29, 1.82) is 0 Å². The highest BCUT2D eigenvalue weighted by molar-refractivity contribution is 5.90. The zero-order valence-electron chi connectivity index (χ0n) is 9.48. The molecule has 1 rings (SSSR count). The largest absolute Gasteiger partial charge is 0.481 e. The second-order valence-corrected chi connectivity index (χ2v) is 3.71. The number of hydrogen-bond acceptors (Lipinski definition) is 3. The third kappa shape index (κ3) is 5.12. The van der Waals surface area contributed by atoms with E-state index in [1.807, 2.05) is 0 Å². The van der Waals surface area contributed by atoms with Gasteiger partial charge in [-0.05, 0) is 30.7 Å². The number of carboxylic acids is 1. The topological polar surface area (TPSA) is 92.4 Å². The molecule has 5 nitrogen and oxygen atoms in total. The molecule has 0 saturated carbocycles. The molecule has 0 bridgehead atoms. The molecule has 0 aliphatic rings. The van der Waals surface area contributed by atoms with Crippen LogP contribution in [0.15, 0.2) is 24.3 Å². The first-order chi connectivity index (χ1) is 8.11. The molecule has 1 amide bonds. The van der Waals surface area contributed by atoms with Crippen molar-refractivity contribution < 1.29 is 14.7 Å². The van der Waals surface area contributed by atoms with Crippen LogP contribution in [0.4, 0.5) is 5.69 Å². The van der Waals surface area contributed by atoms with Crippen LogP contribution in [0.3, 0.4) is 0 Å². The highest BCUT2D eigenvalue weighted by Crippen LogP contribution is 2.10. The number of nitrogens with two attached hydrogens (primary N) is 1. The fourth-order valence-corrected chi connectivity index (χ4v) is 1.37. The first-order valence-electron chi connectivity index (χ1n) is 5.42. The Morgan fingerprint density at radius 1 is 1.24 bits per heavy atom. The van der Waals surface area contributed by atoms with Crippen LogP contribution in [-0.2, 0) is 16.0 Å². The highest BCUT2D eigenvalue weighted by atomic mass is 16.4. The number of anilines is 1. The first-order valence-corrected chi connectivity index (χ1v) is 5.42. The average Bonchev–Trinajstić information content (AvgIpc) is 2.28. The number of nitrogens with one attached hydrogen (secondary N) is 1. The van der Waals surface area contributed by atoms with Gasteiger partial charge >= 0.3 is 5.97 Å². The number of amides is 1. The third-order valence-corrected chi connectivity index (χ3v) is 2.20. The summed E-state index contributed by atoms with van der Waals surface area (Å²) >= 11 is 0. The molecule has 0 radical (unpaired) electrons. The maximum Gasteiger partial charge on any atom is 0.307 e. The fourth-order valence-electron chi connectivity index (χ4n) is 1.37. The van der Waals surface area contributed by atoms with E-state index >= 15 is 0 Å². The smallest absolute Gasteiger partial charge is 0.307 e. The van der Waals surface area contributed by atoms with Crippen LogP contribution in [0.5, 0.6) is 0 Å². The molecule has 92 valence electrons. The number of aliphatic carboxylic acids is 1. The van der Waals surface area contributed by atoms with E-state index in [4.69, 9.17) is 10.8 Å². The minimum Gasteiger partial charge on any atom is -0.481 e. The Hall–Kier alpha value is -1.88. The molecule has 5 heteroatoms. The minimum atomic E-state index is -0.871. The number of hydrogen-bond donors (Lipinski definition) is 3. The van der Waals surface area contributed by atoms with Gasteiger partial charge < -0.3 is 16.2 Å². The lowest BCUT2D eigenvalue weighted by Gasteiger charge is -2.05. The number of rotatable bonds is 6. The Bertz CT molecular complexity index is 387. The summed E-state index contributed by atoms with van der Waals surface area (Å²) in [5.41, 5.74) is 6.67. The Balaban J connectivity index is 2.50. The SMILES string of the molecule is NCCCC(=O)Nc1ccc(CC(=O)O)cc1. The minimum absolute atomic E-state index is 0.0125. The summed E-state index contributed by atoms with van der Waals surface area (Å²) in [7, 11) is 0. The van der Waals surface area contributed by atoms with Gasteiger partial charge in [-0.3, -0.25) is 9.59 Å².